The van der Waals surface area contributed by atoms with Gasteiger partial charge in [-0.15, -0.1) is 0 Å². The van der Waals surface area contributed by atoms with Gasteiger partial charge in [-0.3, -0.25) is 4.79 Å². The van der Waals surface area contributed by atoms with Gasteiger partial charge in [0, 0.05) is 12.1 Å². The quantitative estimate of drug-likeness (QED) is 0.654. The van der Waals surface area contributed by atoms with E-state index < -0.39 is 0 Å². The van der Waals surface area contributed by atoms with E-state index in [-0.39, 0.29) is 22.8 Å². The van der Waals surface area contributed by atoms with Crippen molar-refractivity contribution in [2.45, 2.75) is 0 Å². The Labute approximate surface area is 134 Å². The molecule has 0 atom stereocenters. The molecule has 2 aromatic carbocycles. The average molecular weight is 314 g/mol. The third kappa shape index (κ3) is 3.83. The Morgan fingerprint density at radius 3 is 2.39 bits per heavy atom. The van der Waals surface area contributed by atoms with Crippen molar-refractivity contribution in [3.63, 3.8) is 0 Å². The maximum Gasteiger partial charge on any atom is 0.193 e. The molecule has 5 nitrogen and oxygen atoms in total. The first-order valence-corrected chi connectivity index (χ1v) is 6.90. The van der Waals surface area contributed by atoms with Gasteiger partial charge in [0.15, 0.2) is 5.78 Å². The molecular formula is C18H18O5. The number of phenols is 1. The Morgan fingerprint density at radius 1 is 1.00 bits per heavy atom. The number of hydrogen-bond donors (Lipinski definition) is 1. The molecule has 0 unspecified atom stereocenters. The molecule has 0 aliphatic rings. The van der Waals surface area contributed by atoms with E-state index in [0.29, 0.717) is 11.5 Å². The van der Waals surface area contributed by atoms with Crippen LogP contribution < -0.4 is 14.2 Å². The summed E-state index contributed by atoms with van der Waals surface area (Å²) in [5.41, 5.74) is 0.900. The van der Waals surface area contributed by atoms with Crippen LogP contribution in [0.4, 0.5) is 0 Å². The van der Waals surface area contributed by atoms with Crippen LogP contribution in [0.2, 0.25) is 0 Å². The number of methoxy groups -OCH3 is 3. The summed E-state index contributed by atoms with van der Waals surface area (Å²) < 4.78 is 15.3. The van der Waals surface area contributed by atoms with Gasteiger partial charge in [-0.2, -0.15) is 0 Å². The van der Waals surface area contributed by atoms with E-state index in [0.717, 1.165) is 5.56 Å². The molecule has 0 amide bonds. The third-order valence-corrected chi connectivity index (χ3v) is 3.28. The number of allylic oxidation sites excluding steroid dienone is 1. The summed E-state index contributed by atoms with van der Waals surface area (Å²) in [6, 6.07) is 10.2. The van der Waals surface area contributed by atoms with Crippen LogP contribution in [0, 0.1) is 0 Å². The van der Waals surface area contributed by atoms with Crippen molar-refractivity contribution in [2.75, 3.05) is 21.3 Å². The Balaban J connectivity index is 2.31. The lowest BCUT2D eigenvalue weighted by molar-refractivity contribution is 0.104. The zero-order chi connectivity index (χ0) is 16.8. The molecule has 0 aliphatic carbocycles. The van der Waals surface area contributed by atoms with Gasteiger partial charge < -0.3 is 19.3 Å². The van der Waals surface area contributed by atoms with Crippen LogP contribution in [0.3, 0.4) is 0 Å². The van der Waals surface area contributed by atoms with E-state index in [4.69, 9.17) is 14.2 Å². The fraction of sp³-hybridized carbons (Fsp3) is 0.167. The van der Waals surface area contributed by atoms with Crippen LogP contribution in [0.5, 0.6) is 23.0 Å². The predicted molar refractivity (Wildman–Crippen MR) is 87.6 cm³/mol. The second-order valence-corrected chi connectivity index (χ2v) is 4.70. The summed E-state index contributed by atoms with van der Waals surface area (Å²) in [4.78, 5) is 12.4. The van der Waals surface area contributed by atoms with Gasteiger partial charge in [0.05, 0.1) is 21.3 Å². The highest BCUT2D eigenvalue weighted by Gasteiger charge is 2.17. The van der Waals surface area contributed by atoms with Crippen molar-refractivity contribution < 1.29 is 24.1 Å². The minimum Gasteiger partial charge on any atom is -0.507 e. The minimum atomic E-state index is -0.371. The second kappa shape index (κ2) is 7.35. The number of carbonyl (C=O) groups is 1. The molecule has 0 saturated carbocycles. The van der Waals surface area contributed by atoms with E-state index in [1.807, 2.05) is 18.2 Å². The van der Waals surface area contributed by atoms with Crippen LogP contribution >= 0.6 is 0 Å². The molecule has 0 aromatic heterocycles. The lowest BCUT2D eigenvalue weighted by atomic mass is 10.1. The first-order valence-electron chi connectivity index (χ1n) is 6.90. The Morgan fingerprint density at radius 2 is 1.74 bits per heavy atom. The van der Waals surface area contributed by atoms with Gasteiger partial charge in [-0.1, -0.05) is 18.2 Å². The molecule has 0 heterocycles. The summed E-state index contributed by atoms with van der Waals surface area (Å²) in [5, 5.41) is 10.0. The minimum absolute atomic E-state index is 0.0902. The number of phenolic OH excluding ortho intramolecular Hbond substituents is 1. The molecular weight excluding hydrogens is 296 g/mol. The highest BCUT2D eigenvalue weighted by atomic mass is 16.5. The molecule has 120 valence electrons. The molecule has 5 heteroatoms. The first kappa shape index (κ1) is 16.4. The summed E-state index contributed by atoms with van der Waals surface area (Å²) in [6.45, 7) is 0. The van der Waals surface area contributed by atoms with Gasteiger partial charge in [-0.25, -0.2) is 0 Å². The standard InChI is InChI=1S/C18H18O5/c1-21-13-6-4-5-12(9-13)7-8-15(19)18-16(20)10-14(22-2)11-17(18)23-3/h4-11,20H,1-3H3. The van der Waals surface area contributed by atoms with Crippen molar-refractivity contribution in [3.05, 3.63) is 53.6 Å². The number of carbonyl (C=O) groups excluding carboxylic acids is 1. The smallest absolute Gasteiger partial charge is 0.193 e. The van der Waals surface area contributed by atoms with Gasteiger partial charge in [0.25, 0.3) is 0 Å². The number of ketones is 1. The van der Waals surface area contributed by atoms with Crippen LogP contribution in [0.15, 0.2) is 42.5 Å². The predicted octanol–water partition coefficient (Wildman–Crippen LogP) is 3.31. The summed E-state index contributed by atoms with van der Waals surface area (Å²) in [7, 11) is 4.48. The van der Waals surface area contributed by atoms with E-state index in [2.05, 4.69) is 0 Å². The van der Waals surface area contributed by atoms with E-state index >= 15 is 0 Å². The number of benzene rings is 2. The lowest BCUT2D eigenvalue weighted by Gasteiger charge is -2.10. The van der Waals surface area contributed by atoms with E-state index in [9.17, 15) is 9.90 Å². The maximum absolute atomic E-state index is 12.4. The molecule has 0 fully saturated rings. The molecule has 23 heavy (non-hydrogen) atoms. The molecule has 0 spiro atoms. The zero-order valence-electron chi connectivity index (χ0n) is 13.2. The molecule has 0 bridgehead atoms. The van der Waals surface area contributed by atoms with Crippen molar-refractivity contribution in [1.82, 2.24) is 0 Å². The third-order valence-electron chi connectivity index (χ3n) is 3.28. The zero-order valence-corrected chi connectivity index (χ0v) is 13.2. The number of hydrogen-bond acceptors (Lipinski definition) is 5. The number of ether oxygens (including phenoxy) is 3. The van der Waals surface area contributed by atoms with Gasteiger partial charge in [0.1, 0.15) is 28.6 Å². The van der Waals surface area contributed by atoms with Crippen LogP contribution in [-0.4, -0.2) is 32.2 Å². The van der Waals surface area contributed by atoms with Crippen molar-refractivity contribution in [3.8, 4) is 23.0 Å². The summed E-state index contributed by atoms with van der Waals surface area (Å²) >= 11 is 0. The Kier molecular flexibility index (Phi) is 5.25. The number of aromatic hydroxyl groups is 1. The van der Waals surface area contributed by atoms with Gasteiger partial charge in [-0.05, 0) is 23.8 Å². The number of rotatable bonds is 6. The van der Waals surface area contributed by atoms with Crippen LogP contribution in [0.25, 0.3) is 6.08 Å². The summed E-state index contributed by atoms with van der Waals surface area (Å²) in [6.07, 6.45) is 3.02. The first-order chi connectivity index (χ1) is 11.1. The SMILES string of the molecule is COc1cccc(C=CC(=O)c2c(O)cc(OC)cc2OC)c1. The monoisotopic (exact) mass is 314 g/mol. The average Bonchev–Trinajstić information content (AvgIpc) is 2.58. The normalized spacial score (nSPS) is 10.6. The fourth-order valence-electron chi connectivity index (χ4n) is 2.10. The van der Waals surface area contributed by atoms with Crippen LogP contribution in [-0.2, 0) is 0 Å². The topological polar surface area (TPSA) is 65.0 Å². The second-order valence-electron chi connectivity index (χ2n) is 4.70. The lowest BCUT2D eigenvalue weighted by Crippen LogP contribution is -2.00. The van der Waals surface area contributed by atoms with Crippen LogP contribution in [0.1, 0.15) is 15.9 Å². The largest absolute Gasteiger partial charge is 0.507 e. The van der Waals surface area contributed by atoms with Gasteiger partial charge in [0.2, 0.25) is 0 Å². The Hall–Kier alpha value is -2.95. The molecule has 0 radical (unpaired) electrons. The van der Waals surface area contributed by atoms with Crippen molar-refractivity contribution >= 4 is 11.9 Å². The molecule has 2 aromatic rings. The van der Waals surface area contributed by atoms with E-state index in [1.165, 1.54) is 26.4 Å². The fourth-order valence-corrected chi connectivity index (χ4v) is 2.10. The molecule has 0 saturated heterocycles. The molecule has 0 aliphatic heterocycles. The Bertz CT molecular complexity index is 734. The van der Waals surface area contributed by atoms with Crippen molar-refractivity contribution in [2.24, 2.45) is 0 Å². The van der Waals surface area contributed by atoms with Gasteiger partial charge >= 0.3 is 0 Å². The summed E-state index contributed by atoms with van der Waals surface area (Å²) in [5.74, 6) is 0.797. The van der Waals surface area contributed by atoms with E-state index in [1.54, 1.807) is 25.3 Å². The molecule has 2 rings (SSSR count). The van der Waals surface area contributed by atoms with Crippen molar-refractivity contribution in [1.29, 1.82) is 0 Å². The maximum atomic E-state index is 12.4. The highest BCUT2D eigenvalue weighted by Crippen LogP contribution is 2.33. The highest BCUT2D eigenvalue weighted by molar-refractivity contribution is 6.10. The molecule has 1 N–H and O–H groups in total.